The zero-order chi connectivity index (χ0) is 27.3. The van der Waals surface area contributed by atoms with Gasteiger partial charge < -0.3 is 9.47 Å². The average Bonchev–Trinajstić information content (AvgIpc) is 3.24. The van der Waals surface area contributed by atoms with Gasteiger partial charge >= 0.3 is 5.97 Å². The van der Waals surface area contributed by atoms with Gasteiger partial charge in [0, 0.05) is 4.48 Å². The van der Waals surface area contributed by atoms with Gasteiger partial charge in [0.2, 0.25) is 0 Å². The van der Waals surface area contributed by atoms with Crippen LogP contribution in [-0.2, 0) is 11.2 Å². The second-order valence-corrected chi connectivity index (χ2v) is 12.6. The van der Waals surface area contributed by atoms with Crippen molar-refractivity contribution in [3.05, 3.63) is 63.4 Å². The van der Waals surface area contributed by atoms with E-state index in [0.29, 0.717) is 24.3 Å². The predicted octanol–water partition coefficient (Wildman–Crippen LogP) is 9.35. The number of unbranched alkanes of at least 4 members (excludes halogenated alkanes) is 2. The lowest BCUT2D eigenvalue weighted by Gasteiger charge is -2.19. The van der Waals surface area contributed by atoms with Crippen molar-refractivity contribution in [1.82, 2.24) is 0 Å². The van der Waals surface area contributed by atoms with Crippen LogP contribution in [-0.4, -0.2) is 18.7 Å². The minimum Gasteiger partial charge on any atom is -0.490 e. The van der Waals surface area contributed by atoms with Gasteiger partial charge in [0.15, 0.2) is 11.6 Å². The number of esters is 1. The minimum absolute atomic E-state index is 0.0120. The molecule has 2 aromatic rings. The minimum atomic E-state index is -0.716. The summed E-state index contributed by atoms with van der Waals surface area (Å²) < 4.78 is 40.7. The third-order valence-electron chi connectivity index (χ3n) is 7.57. The molecular weight excluding hydrogens is 550 g/mol. The van der Waals surface area contributed by atoms with E-state index in [4.69, 9.17) is 9.47 Å². The number of halogens is 3. The molecule has 0 amide bonds. The smallest absolute Gasteiger partial charge is 0.316 e. The second-order valence-electron chi connectivity index (χ2n) is 11.7. The van der Waals surface area contributed by atoms with Crippen LogP contribution in [0.3, 0.4) is 0 Å². The van der Waals surface area contributed by atoms with E-state index in [-0.39, 0.29) is 18.5 Å². The van der Waals surface area contributed by atoms with E-state index in [1.807, 2.05) is 30.3 Å². The first-order valence-electron chi connectivity index (χ1n) is 13.9. The van der Waals surface area contributed by atoms with Crippen LogP contribution in [0.25, 0.3) is 5.57 Å². The Morgan fingerprint density at radius 3 is 2.50 bits per heavy atom. The number of alkyl halides is 1. The summed E-state index contributed by atoms with van der Waals surface area (Å²) in [4.78, 5) is 12.4. The Bertz CT molecular complexity index is 1150. The van der Waals surface area contributed by atoms with Crippen LogP contribution in [0.2, 0.25) is 0 Å². The van der Waals surface area contributed by atoms with Gasteiger partial charge in [-0.15, -0.1) is 0 Å². The van der Waals surface area contributed by atoms with Crippen LogP contribution in [0.5, 0.6) is 11.5 Å². The molecule has 0 aromatic heterocycles. The highest BCUT2D eigenvalue weighted by molar-refractivity contribution is 9.11. The van der Waals surface area contributed by atoms with E-state index in [9.17, 15) is 9.18 Å². The summed E-state index contributed by atoms with van der Waals surface area (Å²) >= 11 is 3.77. The predicted molar refractivity (Wildman–Crippen MR) is 152 cm³/mol. The molecular formula is C32H39BrF2O3. The van der Waals surface area contributed by atoms with Crippen molar-refractivity contribution in [2.45, 2.75) is 91.1 Å². The van der Waals surface area contributed by atoms with E-state index in [0.717, 1.165) is 71.9 Å². The lowest BCUT2D eigenvalue weighted by atomic mass is 9.93. The van der Waals surface area contributed by atoms with Gasteiger partial charge in [-0.2, -0.15) is 0 Å². The first kappa shape index (κ1) is 28.8. The van der Waals surface area contributed by atoms with Crippen molar-refractivity contribution >= 4 is 27.5 Å². The average molecular weight is 590 g/mol. The largest absolute Gasteiger partial charge is 0.490 e. The SMILES string of the molecule is CC(C)(C)C(=O)Oc1ccc2c(c1F)CCCC(Br)=C2c1ccc(O[C@H]2CCC(CCCCCF)C2)cc1. The molecule has 0 radical (unpaired) electrons. The Morgan fingerprint density at radius 2 is 1.79 bits per heavy atom. The first-order valence-corrected chi connectivity index (χ1v) is 14.7. The number of hydrogen-bond acceptors (Lipinski definition) is 3. The number of rotatable bonds is 9. The Morgan fingerprint density at radius 1 is 1.03 bits per heavy atom. The highest BCUT2D eigenvalue weighted by Crippen LogP contribution is 2.41. The van der Waals surface area contributed by atoms with Crippen molar-refractivity contribution in [1.29, 1.82) is 0 Å². The molecule has 6 heteroatoms. The molecule has 3 nitrogen and oxygen atoms in total. The van der Waals surface area contributed by atoms with Gasteiger partial charge in [0.25, 0.3) is 0 Å². The van der Waals surface area contributed by atoms with Gasteiger partial charge in [-0.25, -0.2) is 4.39 Å². The maximum absolute atomic E-state index is 15.6. The molecule has 2 aromatic carbocycles. The van der Waals surface area contributed by atoms with Crippen molar-refractivity contribution in [3.8, 4) is 11.5 Å². The highest BCUT2D eigenvalue weighted by Gasteiger charge is 2.28. The Balaban J connectivity index is 1.48. The third-order valence-corrected chi connectivity index (χ3v) is 8.36. The molecule has 2 aliphatic carbocycles. The van der Waals surface area contributed by atoms with E-state index in [1.165, 1.54) is 6.42 Å². The van der Waals surface area contributed by atoms with Crippen molar-refractivity contribution in [2.75, 3.05) is 6.67 Å². The molecule has 0 aliphatic heterocycles. The van der Waals surface area contributed by atoms with E-state index in [2.05, 4.69) is 15.9 Å². The normalized spacial score (nSPS) is 19.7. The van der Waals surface area contributed by atoms with Gasteiger partial charge in [0.1, 0.15) is 5.75 Å². The standard InChI is InChI=1S/C32H39BrF2O3/c1-32(2,3)31(36)38-28-18-17-25-26(30(28)35)9-7-10-27(33)29(25)22-12-15-23(16-13-22)37-24-14-11-21(20-24)8-5-4-6-19-34/h12-13,15-18,21,24H,4-11,14,19-20H2,1-3H3/t21?,24-/m0/s1. The number of hydrogen-bond donors (Lipinski definition) is 0. The van der Waals surface area contributed by atoms with Crippen molar-refractivity contribution in [3.63, 3.8) is 0 Å². The molecule has 0 heterocycles. The molecule has 0 N–H and O–H groups in total. The lowest BCUT2D eigenvalue weighted by Crippen LogP contribution is -2.26. The lowest BCUT2D eigenvalue weighted by molar-refractivity contribution is -0.143. The summed E-state index contributed by atoms with van der Waals surface area (Å²) in [6.45, 7) is 5.05. The molecule has 4 rings (SSSR count). The van der Waals surface area contributed by atoms with Gasteiger partial charge in [-0.3, -0.25) is 9.18 Å². The fourth-order valence-corrected chi connectivity index (χ4v) is 6.13. The van der Waals surface area contributed by atoms with E-state index in [1.54, 1.807) is 26.8 Å². The van der Waals surface area contributed by atoms with Gasteiger partial charge in [-0.05, 0) is 112 Å². The summed E-state index contributed by atoms with van der Waals surface area (Å²) in [7, 11) is 0. The summed E-state index contributed by atoms with van der Waals surface area (Å²) in [5.74, 6) is 0.591. The Hall–Kier alpha value is -2.21. The van der Waals surface area contributed by atoms with Crippen LogP contribution in [0.4, 0.5) is 8.78 Å². The maximum atomic E-state index is 15.6. The fraction of sp³-hybridized carbons (Fsp3) is 0.531. The fourth-order valence-electron chi connectivity index (χ4n) is 5.41. The number of carbonyl (C=O) groups is 1. The zero-order valence-corrected chi connectivity index (χ0v) is 24.3. The topological polar surface area (TPSA) is 35.5 Å². The summed E-state index contributed by atoms with van der Waals surface area (Å²) in [6, 6.07) is 11.5. The molecule has 1 fully saturated rings. The summed E-state index contributed by atoms with van der Waals surface area (Å²) in [6.07, 6.45) is 9.58. The third kappa shape index (κ3) is 7.05. The number of allylic oxidation sites excluding steroid dienone is 1. The highest BCUT2D eigenvalue weighted by atomic mass is 79.9. The van der Waals surface area contributed by atoms with Crippen LogP contribution in [0.15, 0.2) is 40.9 Å². The molecule has 1 unspecified atom stereocenters. The molecule has 2 atom stereocenters. The molecule has 0 spiro atoms. The first-order chi connectivity index (χ1) is 18.2. The maximum Gasteiger partial charge on any atom is 0.316 e. The molecule has 38 heavy (non-hydrogen) atoms. The van der Waals surface area contributed by atoms with Gasteiger partial charge in [0.05, 0.1) is 18.2 Å². The Labute approximate surface area is 234 Å². The van der Waals surface area contributed by atoms with E-state index >= 15 is 4.39 Å². The number of carbonyl (C=O) groups excluding carboxylic acids is 1. The monoisotopic (exact) mass is 588 g/mol. The number of ether oxygens (including phenoxy) is 2. The van der Waals surface area contributed by atoms with Gasteiger partial charge in [-0.1, -0.05) is 53.4 Å². The molecule has 2 aliphatic rings. The number of benzene rings is 2. The van der Waals surface area contributed by atoms with Crippen LogP contribution >= 0.6 is 15.9 Å². The zero-order valence-electron chi connectivity index (χ0n) is 22.8. The summed E-state index contributed by atoms with van der Waals surface area (Å²) in [5.41, 5.74) is 2.64. The summed E-state index contributed by atoms with van der Waals surface area (Å²) in [5, 5.41) is 0. The quantitative estimate of drug-likeness (QED) is 0.166. The number of fused-ring (bicyclic) bond motifs is 1. The molecule has 1 saturated carbocycles. The van der Waals surface area contributed by atoms with Crippen molar-refractivity contribution < 1.29 is 23.0 Å². The van der Waals surface area contributed by atoms with Crippen LogP contribution < -0.4 is 9.47 Å². The molecule has 0 bridgehead atoms. The van der Waals surface area contributed by atoms with Crippen LogP contribution in [0, 0.1) is 17.2 Å². The molecule has 0 saturated heterocycles. The second kappa shape index (κ2) is 12.8. The molecule has 206 valence electrons. The van der Waals surface area contributed by atoms with E-state index < -0.39 is 17.2 Å². The Kier molecular flexibility index (Phi) is 9.67. The van der Waals surface area contributed by atoms with Crippen molar-refractivity contribution in [2.24, 2.45) is 11.3 Å². The van der Waals surface area contributed by atoms with Crippen LogP contribution in [0.1, 0.15) is 95.2 Å².